The maximum absolute atomic E-state index is 12.4. The SMILES string of the molecule is CCc1ccccc1CNC(=O)C1CCCCC1(C)N. The number of aryl methyl sites for hydroxylation is 1. The molecule has 0 aromatic heterocycles. The van der Waals surface area contributed by atoms with Crippen molar-refractivity contribution in [2.24, 2.45) is 11.7 Å². The lowest BCUT2D eigenvalue weighted by atomic mass is 9.74. The third kappa shape index (κ3) is 3.40. The molecule has 1 aromatic carbocycles. The topological polar surface area (TPSA) is 55.1 Å². The molecule has 3 heteroatoms. The molecule has 1 fully saturated rings. The molecular weight excluding hydrogens is 248 g/mol. The van der Waals surface area contributed by atoms with Gasteiger partial charge in [0.2, 0.25) is 5.91 Å². The normalized spacial score (nSPS) is 26.2. The summed E-state index contributed by atoms with van der Waals surface area (Å²) in [4.78, 5) is 12.4. The van der Waals surface area contributed by atoms with Crippen LogP contribution in [-0.4, -0.2) is 11.4 Å². The number of amides is 1. The summed E-state index contributed by atoms with van der Waals surface area (Å²) in [6.45, 7) is 4.75. The van der Waals surface area contributed by atoms with Crippen LogP contribution in [0.3, 0.4) is 0 Å². The summed E-state index contributed by atoms with van der Waals surface area (Å²) in [5.74, 6) is 0.0608. The average molecular weight is 274 g/mol. The van der Waals surface area contributed by atoms with Gasteiger partial charge >= 0.3 is 0 Å². The largest absolute Gasteiger partial charge is 0.352 e. The van der Waals surface area contributed by atoms with Gasteiger partial charge in [0, 0.05) is 12.1 Å². The van der Waals surface area contributed by atoms with E-state index in [0.29, 0.717) is 6.54 Å². The Morgan fingerprint density at radius 3 is 2.70 bits per heavy atom. The zero-order valence-corrected chi connectivity index (χ0v) is 12.6. The molecule has 1 aromatic rings. The molecule has 20 heavy (non-hydrogen) atoms. The predicted molar refractivity (Wildman–Crippen MR) is 82.2 cm³/mol. The number of benzene rings is 1. The molecule has 2 atom stereocenters. The van der Waals surface area contributed by atoms with E-state index >= 15 is 0 Å². The van der Waals surface area contributed by atoms with E-state index in [-0.39, 0.29) is 17.4 Å². The average Bonchev–Trinajstić information content (AvgIpc) is 2.44. The van der Waals surface area contributed by atoms with E-state index in [9.17, 15) is 4.79 Å². The lowest BCUT2D eigenvalue weighted by Crippen LogP contribution is -2.52. The lowest BCUT2D eigenvalue weighted by Gasteiger charge is -2.37. The number of hydrogen-bond acceptors (Lipinski definition) is 2. The summed E-state index contributed by atoms with van der Waals surface area (Å²) in [6.07, 6.45) is 5.08. The van der Waals surface area contributed by atoms with Crippen LogP contribution < -0.4 is 11.1 Å². The van der Waals surface area contributed by atoms with E-state index in [1.807, 2.05) is 19.1 Å². The molecule has 110 valence electrons. The molecule has 3 nitrogen and oxygen atoms in total. The summed E-state index contributed by atoms with van der Waals surface area (Å²) in [5.41, 5.74) is 8.44. The standard InChI is InChI=1S/C17H26N2O/c1-3-13-8-4-5-9-14(13)12-19-16(20)15-10-6-7-11-17(15,2)18/h4-5,8-9,15H,3,6-7,10-12,18H2,1-2H3,(H,19,20). The Morgan fingerprint density at radius 2 is 2.05 bits per heavy atom. The first-order valence-corrected chi connectivity index (χ1v) is 7.68. The molecule has 0 aliphatic heterocycles. The van der Waals surface area contributed by atoms with E-state index in [1.165, 1.54) is 11.1 Å². The molecule has 1 aliphatic rings. The van der Waals surface area contributed by atoms with Crippen molar-refractivity contribution in [1.82, 2.24) is 5.32 Å². The molecule has 3 N–H and O–H groups in total. The second kappa shape index (κ2) is 6.40. The second-order valence-electron chi connectivity index (χ2n) is 6.14. The number of nitrogens with one attached hydrogen (secondary N) is 1. The molecule has 0 radical (unpaired) electrons. The molecule has 0 heterocycles. The minimum absolute atomic E-state index is 0.0509. The molecule has 0 saturated heterocycles. The van der Waals surface area contributed by atoms with Crippen LogP contribution in [0, 0.1) is 5.92 Å². The lowest BCUT2D eigenvalue weighted by molar-refractivity contribution is -0.128. The van der Waals surface area contributed by atoms with Gasteiger partial charge in [0.1, 0.15) is 0 Å². The number of rotatable bonds is 4. The Morgan fingerprint density at radius 1 is 1.35 bits per heavy atom. The first-order valence-electron chi connectivity index (χ1n) is 7.68. The summed E-state index contributed by atoms with van der Waals surface area (Å²) in [7, 11) is 0. The summed E-state index contributed by atoms with van der Waals surface area (Å²) in [6, 6.07) is 8.27. The minimum Gasteiger partial charge on any atom is -0.352 e. The van der Waals surface area contributed by atoms with E-state index in [0.717, 1.165) is 32.1 Å². The van der Waals surface area contributed by atoms with Crippen LogP contribution in [0.5, 0.6) is 0 Å². The van der Waals surface area contributed by atoms with Crippen molar-refractivity contribution in [3.63, 3.8) is 0 Å². The van der Waals surface area contributed by atoms with Gasteiger partial charge in [0.25, 0.3) is 0 Å². The van der Waals surface area contributed by atoms with Gasteiger partial charge in [0.05, 0.1) is 5.92 Å². The summed E-state index contributed by atoms with van der Waals surface area (Å²) >= 11 is 0. The van der Waals surface area contributed by atoms with Gasteiger partial charge in [-0.15, -0.1) is 0 Å². The Hall–Kier alpha value is -1.35. The summed E-state index contributed by atoms with van der Waals surface area (Å²) < 4.78 is 0. The van der Waals surface area contributed by atoms with Gasteiger partial charge in [-0.25, -0.2) is 0 Å². The van der Waals surface area contributed by atoms with Crippen molar-refractivity contribution in [3.8, 4) is 0 Å². The molecule has 1 saturated carbocycles. The Bertz CT molecular complexity index is 468. The van der Waals surface area contributed by atoms with Gasteiger partial charge in [-0.3, -0.25) is 4.79 Å². The monoisotopic (exact) mass is 274 g/mol. The third-order valence-corrected chi connectivity index (χ3v) is 4.52. The summed E-state index contributed by atoms with van der Waals surface area (Å²) in [5, 5.41) is 3.08. The number of hydrogen-bond donors (Lipinski definition) is 2. The highest BCUT2D eigenvalue weighted by Gasteiger charge is 2.37. The van der Waals surface area contributed by atoms with Crippen LogP contribution in [0.15, 0.2) is 24.3 Å². The van der Waals surface area contributed by atoms with Crippen LogP contribution >= 0.6 is 0 Å². The Labute approximate surface area is 121 Å². The molecule has 0 spiro atoms. The molecule has 2 rings (SSSR count). The van der Waals surface area contributed by atoms with Crippen molar-refractivity contribution in [2.75, 3.05) is 0 Å². The van der Waals surface area contributed by atoms with E-state index < -0.39 is 0 Å². The fourth-order valence-electron chi connectivity index (χ4n) is 3.17. The molecule has 1 amide bonds. The highest BCUT2D eigenvalue weighted by atomic mass is 16.1. The van der Waals surface area contributed by atoms with Crippen LogP contribution in [0.4, 0.5) is 0 Å². The highest BCUT2D eigenvalue weighted by Crippen LogP contribution is 2.31. The van der Waals surface area contributed by atoms with Gasteiger partial charge in [-0.2, -0.15) is 0 Å². The number of carbonyl (C=O) groups excluding carboxylic acids is 1. The maximum Gasteiger partial charge on any atom is 0.225 e. The Kier molecular flexibility index (Phi) is 4.81. The van der Waals surface area contributed by atoms with Gasteiger partial charge in [-0.1, -0.05) is 44.0 Å². The van der Waals surface area contributed by atoms with E-state index in [2.05, 4.69) is 24.4 Å². The fourth-order valence-corrected chi connectivity index (χ4v) is 3.17. The Balaban J connectivity index is 1.98. The van der Waals surface area contributed by atoms with Crippen LogP contribution in [0.25, 0.3) is 0 Å². The first kappa shape index (κ1) is 15.0. The predicted octanol–water partition coefficient (Wildman–Crippen LogP) is 2.77. The van der Waals surface area contributed by atoms with Crippen molar-refractivity contribution in [3.05, 3.63) is 35.4 Å². The van der Waals surface area contributed by atoms with Gasteiger partial charge in [-0.05, 0) is 37.3 Å². The van der Waals surface area contributed by atoms with Crippen molar-refractivity contribution < 1.29 is 4.79 Å². The van der Waals surface area contributed by atoms with E-state index in [1.54, 1.807) is 0 Å². The van der Waals surface area contributed by atoms with Crippen LogP contribution in [-0.2, 0) is 17.8 Å². The number of carbonyl (C=O) groups is 1. The molecular formula is C17H26N2O. The second-order valence-corrected chi connectivity index (χ2v) is 6.14. The van der Waals surface area contributed by atoms with Gasteiger partial charge in [0.15, 0.2) is 0 Å². The molecule has 0 bridgehead atoms. The zero-order valence-electron chi connectivity index (χ0n) is 12.6. The van der Waals surface area contributed by atoms with Gasteiger partial charge < -0.3 is 11.1 Å². The smallest absolute Gasteiger partial charge is 0.225 e. The van der Waals surface area contributed by atoms with Crippen LogP contribution in [0.1, 0.15) is 50.7 Å². The molecule has 1 aliphatic carbocycles. The highest BCUT2D eigenvalue weighted by molar-refractivity contribution is 5.80. The number of nitrogens with two attached hydrogens (primary N) is 1. The van der Waals surface area contributed by atoms with E-state index in [4.69, 9.17) is 5.73 Å². The maximum atomic E-state index is 12.4. The quantitative estimate of drug-likeness (QED) is 0.887. The fraction of sp³-hybridized carbons (Fsp3) is 0.588. The molecule has 2 unspecified atom stereocenters. The van der Waals surface area contributed by atoms with Crippen molar-refractivity contribution in [1.29, 1.82) is 0 Å². The first-order chi connectivity index (χ1) is 9.54. The minimum atomic E-state index is -0.355. The van der Waals surface area contributed by atoms with Crippen molar-refractivity contribution >= 4 is 5.91 Å². The zero-order chi connectivity index (χ0) is 14.6. The van der Waals surface area contributed by atoms with Crippen LogP contribution in [0.2, 0.25) is 0 Å². The van der Waals surface area contributed by atoms with Crippen molar-refractivity contribution in [2.45, 2.75) is 58.0 Å². The third-order valence-electron chi connectivity index (χ3n) is 4.52.